The van der Waals surface area contributed by atoms with Crippen molar-refractivity contribution in [3.8, 4) is 0 Å². The van der Waals surface area contributed by atoms with Crippen LogP contribution in [-0.2, 0) is 32.7 Å². The molecule has 0 aromatic heterocycles. The molecule has 0 aromatic carbocycles. The first-order valence-electron chi connectivity index (χ1n) is 24.7. The van der Waals surface area contributed by atoms with Crippen LogP contribution in [0.5, 0.6) is 0 Å². The molecule has 0 heterocycles. The first-order valence-corrected chi connectivity index (χ1v) is 26.2. The van der Waals surface area contributed by atoms with E-state index in [0.717, 1.165) is 51.4 Å². The Kier molecular flexibility index (Phi) is 35.5. The third-order valence-corrected chi connectivity index (χ3v) is 12.8. The van der Waals surface area contributed by atoms with Crippen LogP contribution in [0, 0.1) is 0 Å². The number of hydrogen-bond acceptors (Lipinski definition) is 14. The van der Waals surface area contributed by atoms with Crippen molar-refractivity contribution >= 4 is 19.8 Å². The lowest BCUT2D eigenvalue weighted by Crippen LogP contribution is -2.64. The zero-order valence-electron chi connectivity index (χ0n) is 38.9. The molecule has 0 amide bonds. The highest BCUT2D eigenvalue weighted by molar-refractivity contribution is 7.47. The summed E-state index contributed by atoms with van der Waals surface area (Å²) in [5.74, 6) is -1.20. The van der Waals surface area contributed by atoms with Crippen LogP contribution < -0.4 is 0 Å². The maximum absolute atomic E-state index is 12.8. The van der Waals surface area contributed by atoms with Crippen LogP contribution in [0.1, 0.15) is 206 Å². The van der Waals surface area contributed by atoms with E-state index in [4.69, 9.17) is 18.5 Å². The third-order valence-electron chi connectivity index (χ3n) is 11.8. The number of aliphatic hydroxyl groups is 7. The molecule has 1 aliphatic carbocycles. The summed E-state index contributed by atoms with van der Waals surface area (Å²) in [7, 11) is -5.16. The second-order valence-electron chi connectivity index (χ2n) is 17.6. The Morgan fingerprint density at radius 2 is 0.968 bits per heavy atom. The minimum absolute atomic E-state index is 0.00147. The first-order chi connectivity index (χ1) is 30.2. The molecule has 1 fully saturated rings. The van der Waals surface area contributed by atoms with E-state index in [0.29, 0.717) is 38.5 Å². The van der Waals surface area contributed by atoms with Crippen molar-refractivity contribution in [2.24, 2.45) is 0 Å². The van der Waals surface area contributed by atoms with Crippen molar-refractivity contribution < 1.29 is 73.3 Å². The molecule has 0 aliphatic heterocycles. The van der Waals surface area contributed by atoms with Gasteiger partial charge in [0, 0.05) is 12.8 Å². The van der Waals surface area contributed by atoms with Gasteiger partial charge in [0.25, 0.3) is 0 Å². The van der Waals surface area contributed by atoms with Gasteiger partial charge in [0.2, 0.25) is 0 Å². The number of unbranched alkanes of at least 4 members (excludes halogenated alkanes) is 23. The van der Waals surface area contributed by atoms with Gasteiger partial charge >= 0.3 is 19.8 Å². The second-order valence-corrected chi connectivity index (χ2v) is 19.0. The molecular weight excluding hydrogens is 835 g/mol. The number of aliphatic hydroxyl groups excluding tert-OH is 7. The minimum atomic E-state index is -5.16. The minimum Gasteiger partial charge on any atom is -0.462 e. The van der Waals surface area contributed by atoms with Crippen LogP contribution >= 0.6 is 7.82 Å². The molecule has 372 valence electrons. The molecule has 0 saturated heterocycles. The van der Waals surface area contributed by atoms with Crippen LogP contribution in [0.2, 0.25) is 0 Å². The van der Waals surface area contributed by atoms with E-state index in [2.05, 4.69) is 13.8 Å². The summed E-state index contributed by atoms with van der Waals surface area (Å²) in [5.41, 5.74) is 0. The Hall–Kier alpha value is -1.49. The van der Waals surface area contributed by atoms with Crippen molar-refractivity contribution in [3.63, 3.8) is 0 Å². The predicted molar refractivity (Wildman–Crippen MR) is 243 cm³/mol. The Bertz CT molecular complexity index is 1190. The van der Waals surface area contributed by atoms with E-state index in [-0.39, 0.29) is 12.8 Å². The molecule has 1 aliphatic rings. The predicted octanol–water partition coefficient (Wildman–Crippen LogP) is 7.78. The average Bonchev–Trinajstić information content (AvgIpc) is 3.26. The van der Waals surface area contributed by atoms with Gasteiger partial charge in [0.15, 0.2) is 6.10 Å². The molecule has 1 saturated carbocycles. The Morgan fingerprint density at radius 1 is 0.540 bits per heavy atom. The smallest absolute Gasteiger partial charge is 0.462 e. The zero-order valence-corrected chi connectivity index (χ0v) is 39.8. The summed E-state index contributed by atoms with van der Waals surface area (Å²) in [6.45, 7) is 3.13. The zero-order chi connectivity index (χ0) is 46.7. The lowest BCUT2D eigenvalue weighted by molar-refractivity contribution is -0.220. The SMILES string of the molecule is CCCCC/C=C\C[C@H](O)[C@@H](O)CCCCCCCC(=O)O[C@H](COC(=O)CCCCCCCCCCCCCCCCCCC)COP(=O)(O)OC1[C@H](O)[C@H](O)C(O)[C@H](O)[C@H]1O. The monoisotopic (exact) mass is 925 g/mol. The van der Waals surface area contributed by atoms with Gasteiger partial charge in [-0.25, -0.2) is 4.57 Å². The van der Waals surface area contributed by atoms with E-state index in [9.17, 15) is 54.8 Å². The molecule has 0 bridgehead atoms. The highest BCUT2D eigenvalue weighted by atomic mass is 31.2. The number of hydrogen-bond donors (Lipinski definition) is 8. The summed E-state index contributed by atoms with van der Waals surface area (Å²) >= 11 is 0. The highest BCUT2D eigenvalue weighted by Gasteiger charge is 2.51. The van der Waals surface area contributed by atoms with Crippen LogP contribution in [0.4, 0.5) is 0 Å². The summed E-state index contributed by atoms with van der Waals surface area (Å²) < 4.78 is 33.5. The van der Waals surface area contributed by atoms with Gasteiger partial charge in [-0.1, -0.05) is 167 Å². The summed E-state index contributed by atoms with van der Waals surface area (Å²) in [4.78, 5) is 35.8. The molecule has 63 heavy (non-hydrogen) atoms. The molecule has 3 unspecified atom stereocenters. The number of rotatable bonds is 41. The van der Waals surface area contributed by atoms with Crippen molar-refractivity contribution in [2.75, 3.05) is 13.2 Å². The molecule has 16 heteroatoms. The van der Waals surface area contributed by atoms with Crippen molar-refractivity contribution in [1.29, 1.82) is 0 Å². The standard InChI is InChI=1S/C47H89O15P/c1-3-5-7-9-11-12-13-14-15-16-17-18-19-20-21-25-29-33-40(50)59-35-37(36-60-63(57,58)62-47-45(55)43(53)42(52)44(54)46(47)56)61-41(51)34-30-26-22-24-28-32-39(49)38(48)31-27-23-10-8-6-4-2/h23,27,37-39,42-49,52-56H,3-22,24-26,28-36H2,1-2H3,(H,57,58)/b27-23-/t37-,38+,39+,42?,43-,44+,45-,46-,47?/m1/s1. The van der Waals surface area contributed by atoms with Gasteiger partial charge in [-0.3, -0.25) is 18.6 Å². The number of ether oxygens (including phenoxy) is 2. The lowest BCUT2D eigenvalue weighted by Gasteiger charge is -2.41. The normalized spacial score (nSPS) is 22.8. The molecule has 0 spiro atoms. The van der Waals surface area contributed by atoms with Crippen LogP contribution in [0.3, 0.4) is 0 Å². The van der Waals surface area contributed by atoms with Gasteiger partial charge in [0.05, 0.1) is 18.8 Å². The molecule has 1 rings (SSSR count). The van der Waals surface area contributed by atoms with E-state index in [1.165, 1.54) is 89.9 Å². The van der Waals surface area contributed by atoms with E-state index in [1.54, 1.807) is 0 Å². The van der Waals surface area contributed by atoms with Gasteiger partial charge < -0.3 is 50.1 Å². The highest BCUT2D eigenvalue weighted by Crippen LogP contribution is 2.47. The first kappa shape index (κ1) is 59.5. The van der Waals surface area contributed by atoms with Crippen molar-refractivity contribution in [2.45, 2.75) is 261 Å². The number of carbonyl (C=O) groups excluding carboxylic acids is 2. The van der Waals surface area contributed by atoms with Gasteiger partial charge in [-0.2, -0.15) is 0 Å². The lowest BCUT2D eigenvalue weighted by atomic mass is 9.85. The summed E-state index contributed by atoms with van der Waals surface area (Å²) in [5, 5.41) is 70.7. The third kappa shape index (κ3) is 29.7. The number of phosphoric acid groups is 1. The maximum atomic E-state index is 12.8. The fraction of sp³-hybridized carbons (Fsp3) is 0.915. The fourth-order valence-electron chi connectivity index (χ4n) is 7.66. The Balaban J connectivity index is 2.47. The van der Waals surface area contributed by atoms with Crippen molar-refractivity contribution in [3.05, 3.63) is 12.2 Å². The molecule has 8 N–H and O–H groups in total. The molecule has 15 nitrogen and oxygen atoms in total. The van der Waals surface area contributed by atoms with Gasteiger partial charge in [-0.15, -0.1) is 0 Å². The summed E-state index contributed by atoms with van der Waals surface area (Å²) in [6.07, 6.45) is 18.4. The number of allylic oxidation sites excluding steroid dienone is 1. The topological polar surface area (TPSA) is 250 Å². The summed E-state index contributed by atoms with van der Waals surface area (Å²) in [6, 6.07) is 0. The van der Waals surface area contributed by atoms with E-state index in [1.807, 2.05) is 12.2 Å². The van der Waals surface area contributed by atoms with Crippen LogP contribution in [-0.4, -0.2) is 121 Å². The van der Waals surface area contributed by atoms with Gasteiger partial charge in [-0.05, 0) is 38.5 Å². The molecular formula is C47H89O15P. The van der Waals surface area contributed by atoms with Crippen molar-refractivity contribution in [1.82, 2.24) is 0 Å². The molecule has 10 atom stereocenters. The second kappa shape index (κ2) is 37.6. The van der Waals surface area contributed by atoms with Crippen LogP contribution in [0.15, 0.2) is 12.2 Å². The van der Waals surface area contributed by atoms with Gasteiger partial charge in [0.1, 0.15) is 43.2 Å². The number of phosphoric ester groups is 1. The molecule has 0 radical (unpaired) electrons. The fourth-order valence-corrected chi connectivity index (χ4v) is 8.64. The Labute approximate surface area is 379 Å². The Morgan fingerprint density at radius 3 is 1.48 bits per heavy atom. The largest absolute Gasteiger partial charge is 0.472 e. The van der Waals surface area contributed by atoms with E-state index >= 15 is 0 Å². The number of esters is 2. The maximum Gasteiger partial charge on any atom is 0.472 e. The van der Waals surface area contributed by atoms with Crippen LogP contribution in [0.25, 0.3) is 0 Å². The average molecular weight is 925 g/mol. The number of carbonyl (C=O) groups is 2. The quantitative estimate of drug-likeness (QED) is 0.0126. The van der Waals surface area contributed by atoms with E-state index < -0.39 is 87.9 Å². The molecule has 0 aromatic rings.